The van der Waals surface area contributed by atoms with Crippen molar-refractivity contribution in [2.24, 2.45) is 0 Å². The van der Waals surface area contributed by atoms with Gasteiger partial charge in [-0.25, -0.2) is 0 Å². The van der Waals surface area contributed by atoms with Gasteiger partial charge in [0.05, 0.1) is 11.6 Å². The molecule has 3 heteroatoms. The van der Waals surface area contributed by atoms with Gasteiger partial charge in [-0.2, -0.15) is 5.26 Å². The van der Waals surface area contributed by atoms with Crippen LogP contribution in [0.5, 0.6) is 0 Å². The zero-order valence-corrected chi connectivity index (χ0v) is 9.49. The van der Waals surface area contributed by atoms with Gasteiger partial charge in [0, 0.05) is 28.0 Å². The number of rotatable bonds is 1. The SMILES string of the molecule is Cc1ncccc1-c1ccc(Cl)cc1C#N. The lowest BCUT2D eigenvalue weighted by molar-refractivity contribution is 1.20. The number of hydrogen-bond acceptors (Lipinski definition) is 2. The number of hydrogen-bond donors (Lipinski definition) is 0. The van der Waals surface area contributed by atoms with Crippen molar-refractivity contribution in [3.8, 4) is 17.2 Å². The zero-order valence-electron chi connectivity index (χ0n) is 8.74. The van der Waals surface area contributed by atoms with Crippen LogP contribution in [0.2, 0.25) is 5.02 Å². The summed E-state index contributed by atoms with van der Waals surface area (Å²) in [6.07, 6.45) is 1.74. The Hall–Kier alpha value is -1.85. The molecule has 2 nitrogen and oxygen atoms in total. The lowest BCUT2D eigenvalue weighted by atomic mass is 9.99. The van der Waals surface area contributed by atoms with E-state index in [1.807, 2.05) is 25.1 Å². The molecule has 0 bridgehead atoms. The number of aryl methyl sites for hydroxylation is 1. The number of halogens is 1. The van der Waals surface area contributed by atoms with Crippen molar-refractivity contribution < 1.29 is 0 Å². The molecular formula is C13H9ClN2. The molecule has 0 atom stereocenters. The molecular weight excluding hydrogens is 220 g/mol. The normalized spacial score (nSPS) is 9.81. The van der Waals surface area contributed by atoms with Crippen LogP contribution in [-0.2, 0) is 0 Å². The number of aromatic nitrogens is 1. The summed E-state index contributed by atoms with van der Waals surface area (Å²) in [7, 11) is 0. The Morgan fingerprint density at radius 3 is 2.75 bits per heavy atom. The van der Waals surface area contributed by atoms with Gasteiger partial charge in [0.2, 0.25) is 0 Å². The van der Waals surface area contributed by atoms with Crippen LogP contribution in [0.25, 0.3) is 11.1 Å². The molecule has 1 aromatic carbocycles. The van der Waals surface area contributed by atoms with Crippen LogP contribution < -0.4 is 0 Å². The van der Waals surface area contributed by atoms with Crippen LogP contribution in [-0.4, -0.2) is 4.98 Å². The molecule has 2 aromatic rings. The number of benzene rings is 1. The first-order valence-corrected chi connectivity index (χ1v) is 5.22. The van der Waals surface area contributed by atoms with E-state index in [9.17, 15) is 0 Å². The Morgan fingerprint density at radius 2 is 2.06 bits per heavy atom. The van der Waals surface area contributed by atoms with Crippen molar-refractivity contribution >= 4 is 11.6 Å². The van der Waals surface area contributed by atoms with Crippen molar-refractivity contribution in [1.82, 2.24) is 4.98 Å². The van der Waals surface area contributed by atoms with Crippen LogP contribution in [0.3, 0.4) is 0 Å². The maximum atomic E-state index is 9.07. The minimum atomic E-state index is 0.571. The second kappa shape index (κ2) is 4.34. The largest absolute Gasteiger partial charge is 0.261 e. The monoisotopic (exact) mass is 228 g/mol. The molecule has 0 radical (unpaired) electrons. The van der Waals surface area contributed by atoms with Crippen LogP contribution in [0, 0.1) is 18.3 Å². The Morgan fingerprint density at radius 1 is 1.25 bits per heavy atom. The fourth-order valence-corrected chi connectivity index (χ4v) is 1.78. The second-order valence-electron chi connectivity index (χ2n) is 3.44. The van der Waals surface area contributed by atoms with E-state index in [1.165, 1.54) is 0 Å². The minimum absolute atomic E-state index is 0.571. The third kappa shape index (κ3) is 1.91. The standard InChI is InChI=1S/C13H9ClN2/c1-9-12(3-2-6-16-9)13-5-4-11(14)7-10(13)8-15/h2-7H,1H3. The summed E-state index contributed by atoms with van der Waals surface area (Å²) in [5.74, 6) is 0. The van der Waals surface area contributed by atoms with Gasteiger partial charge in [0.15, 0.2) is 0 Å². The fraction of sp³-hybridized carbons (Fsp3) is 0.0769. The summed E-state index contributed by atoms with van der Waals surface area (Å²) in [6.45, 7) is 1.92. The van der Waals surface area contributed by atoms with Gasteiger partial charge in [-0.3, -0.25) is 4.98 Å². The predicted molar refractivity (Wildman–Crippen MR) is 64.1 cm³/mol. The highest BCUT2D eigenvalue weighted by Crippen LogP contribution is 2.27. The molecule has 0 aliphatic rings. The number of nitriles is 1. The molecule has 0 saturated heterocycles. The average molecular weight is 229 g/mol. The highest BCUT2D eigenvalue weighted by atomic mass is 35.5. The third-order valence-electron chi connectivity index (χ3n) is 2.40. The Bertz CT molecular complexity index is 570. The van der Waals surface area contributed by atoms with Gasteiger partial charge in [0.1, 0.15) is 0 Å². The van der Waals surface area contributed by atoms with E-state index in [4.69, 9.17) is 16.9 Å². The summed E-state index contributed by atoms with van der Waals surface area (Å²) in [4.78, 5) is 4.21. The van der Waals surface area contributed by atoms with Gasteiger partial charge in [-0.15, -0.1) is 0 Å². The van der Waals surface area contributed by atoms with Crippen LogP contribution in [0.15, 0.2) is 36.5 Å². The van der Waals surface area contributed by atoms with Crippen molar-refractivity contribution in [2.45, 2.75) is 6.92 Å². The highest BCUT2D eigenvalue weighted by Gasteiger charge is 2.07. The maximum absolute atomic E-state index is 9.07. The number of pyridine rings is 1. The molecule has 0 aliphatic heterocycles. The van der Waals surface area contributed by atoms with E-state index in [0.717, 1.165) is 16.8 Å². The summed E-state index contributed by atoms with van der Waals surface area (Å²) >= 11 is 5.86. The first-order chi connectivity index (χ1) is 7.72. The second-order valence-corrected chi connectivity index (χ2v) is 3.87. The molecule has 78 valence electrons. The van der Waals surface area contributed by atoms with Gasteiger partial charge < -0.3 is 0 Å². The first kappa shape index (κ1) is 10.7. The average Bonchev–Trinajstić information content (AvgIpc) is 2.30. The summed E-state index contributed by atoms with van der Waals surface area (Å²) in [5.41, 5.74) is 3.32. The van der Waals surface area contributed by atoms with E-state index in [1.54, 1.807) is 18.3 Å². The lowest BCUT2D eigenvalue weighted by Crippen LogP contribution is -1.89. The molecule has 0 N–H and O–H groups in total. The fourth-order valence-electron chi connectivity index (χ4n) is 1.61. The minimum Gasteiger partial charge on any atom is -0.261 e. The molecule has 1 heterocycles. The van der Waals surface area contributed by atoms with Crippen LogP contribution in [0.4, 0.5) is 0 Å². The van der Waals surface area contributed by atoms with Crippen LogP contribution in [0.1, 0.15) is 11.3 Å². The maximum Gasteiger partial charge on any atom is 0.0998 e. The summed E-state index contributed by atoms with van der Waals surface area (Å²) < 4.78 is 0. The van der Waals surface area contributed by atoms with Crippen molar-refractivity contribution in [1.29, 1.82) is 5.26 Å². The van der Waals surface area contributed by atoms with Gasteiger partial charge in [-0.05, 0) is 25.1 Å². The Kier molecular flexibility index (Phi) is 2.89. The topological polar surface area (TPSA) is 36.7 Å². The quantitative estimate of drug-likeness (QED) is 0.748. The van der Waals surface area contributed by atoms with Crippen LogP contribution >= 0.6 is 11.6 Å². The van der Waals surface area contributed by atoms with Crippen molar-refractivity contribution in [2.75, 3.05) is 0 Å². The molecule has 2 rings (SSSR count). The smallest absolute Gasteiger partial charge is 0.0998 e. The van der Waals surface area contributed by atoms with Crippen molar-refractivity contribution in [3.63, 3.8) is 0 Å². The van der Waals surface area contributed by atoms with E-state index in [2.05, 4.69) is 11.1 Å². The summed E-state index contributed by atoms with van der Waals surface area (Å²) in [6, 6.07) is 11.3. The molecule has 0 fully saturated rings. The molecule has 0 spiro atoms. The molecule has 0 amide bonds. The van der Waals surface area contributed by atoms with Gasteiger partial charge in [-0.1, -0.05) is 23.7 Å². The Labute approximate surface area is 99.1 Å². The molecule has 16 heavy (non-hydrogen) atoms. The third-order valence-corrected chi connectivity index (χ3v) is 2.63. The molecule has 1 aromatic heterocycles. The van der Waals surface area contributed by atoms with Gasteiger partial charge >= 0.3 is 0 Å². The highest BCUT2D eigenvalue weighted by molar-refractivity contribution is 6.30. The lowest BCUT2D eigenvalue weighted by Gasteiger charge is -2.06. The van der Waals surface area contributed by atoms with Crippen molar-refractivity contribution in [3.05, 3.63) is 52.8 Å². The predicted octanol–water partition coefficient (Wildman–Crippen LogP) is 3.58. The molecule has 0 saturated carbocycles. The number of nitrogens with zero attached hydrogens (tertiary/aromatic N) is 2. The van der Waals surface area contributed by atoms with E-state index >= 15 is 0 Å². The van der Waals surface area contributed by atoms with E-state index in [-0.39, 0.29) is 0 Å². The Balaban J connectivity index is 2.66. The van der Waals surface area contributed by atoms with E-state index in [0.29, 0.717) is 10.6 Å². The first-order valence-electron chi connectivity index (χ1n) is 4.84. The van der Waals surface area contributed by atoms with E-state index < -0.39 is 0 Å². The summed E-state index contributed by atoms with van der Waals surface area (Å²) in [5, 5.41) is 9.64. The van der Waals surface area contributed by atoms with Gasteiger partial charge in [0.25, 0.3) is 0 Å². The zero-order chi connectivity index (χ0) is 11.5. The molecule has 0 unspecified atom stereocenters. The molecule has 0 aliphatic carbocycles.